The van der Waals surface area contributed by atoms with E-state index in [1.807, 2.05) is 6.07 Å². The first-order chi connectivity index (χ1) is 5.40. The first-order valence-corrected chi connectivity index (χ1v) is 4.05. The molecule has 3 heteroatoms. The molecule has 0 N–H and O–H groups in total. The Kier molecular flexibility index (Phi) is 1.58. The zero-order valence-electron chi connectivity index (χ0n) is 5.62. The average Bonchev–Trinajstić information content (AvgIpc) is 2.50. The number of hydrogen-bond acceptors (Lipinski definition) is 2. The van der Waals surface area contributed by atoms with Gasteiger partial charge in [-0.25, -0.2) is 9.37 Å². The highest BCUT2D eigenvalue weighted by molar-refractivity contribution is 7.16. The minimum atomic E-state index is 0.596. The van der Waals surface area contributed by atoms with E-state index in [4.69, 9.17) is 0 Å². The number of rotatable bonds is 1. The van der Waals surface area contributed by atoms with E-state index in [0.29, 0.717) is 12.2 Å². The van der Waals surface area contributed by atoms with Crippen molar-refractivity contribution >= 4 is 21.6 Å². The third-order valence-electron chi connectivity index (χ3n) is 1.48. The van der Waals surface area contributed by atoms with Crippen LogP contribution in [0.3, 0.4) is 0 Å². The third-order valence-corrected chi connectivity index (χ3v) is 2.27. The summed E-state index contributed by atoms with van der Waals surface area (Å²) in [5.41, 5.74) is 3.29. The Morgan fingerprint density at radius 1 is 1.45 bits per heavy atom. The highest BCUT2D eigenvalue weighted by Gasteiger charge is 1.97. The van der Waals surface area contributed by atoms with E-state index in [2.05, 4.69) is 4.98 Å². The molecule has 1 aromatic carbocycles. The van der Waals surface area contributed by atoms with Gasteiger partial charge in [0.1, 0.15) is 0 Å². The van der Waals surface area contributed by atoms with Gasteiger partial charge in [0, 0.05) is 0 Å². The summed E-state index contributed by atoms with van der Waals surface area (Å²) in [5, 5.41) is 0. The minimum Gasteiger partial charge on any atom is -0.245 e. The average molecular weight is 166 g/mol. The summed E-state index contributed by atoms with van der Waals surface area (Å²) in [5.74, 6) is 0. The Morgan fingerprint density at radius 3 is 3.18 bits per heavy atom. The van der Waals surface area contributed by atoms with E-state index in [0.717, 1.165) is 10.2 Å². The lowest BCUT2D eigenvalue weighted by Gasteiger charge is -1.90. The summed E-state index contributed by atoms with van der Waals surface area (Å²) in [6.07, 6.45) is 0. The fourth-order valence-corrected chi connectivity index (χ4v) is 1.66. The molecule has 0 aliphatic carbocycles. The van der Waals surface area contributed by atoms with Crippen molar-refractivity contribution < 1.29 is 4.39 Å². The maximum absolute atomic E-state index is 12.0. The van der Waals surface area contributed by atoms with Crippen molar-refractivity contribution in [1.82, 2.24) is 4.98 Å². The highest BCUT2D eigenvalue weighted by Crippen LogP contribution is 2.19. The topological polar surface area (TPSA) is 12.9 Å². The quantitative estimate of drug-likeness (QED) is 0.634. The maximum atomic E-state index is 12.0. The standard InChI is InChI=1S/C8H5FNS/c9-4-6-1-2-7-8(3-6)11-5-10-7/h1-5H. The number of benzene rings is 1. The zero-order valence-corrected chi connectivity index (χ0v) is 6.44. The normalized spacial score (nSPS) is 10.6. The Hall–Kier alpha value is -0.960. The van der Waals surface area contributed by atoms with Crippen LogP contribution in [0.25, 0.3) is 10.2 Å². The van der Waals surface area contributed by atoms with Crippen LogP contribution in [0.15, 0.2) is 23.7 Å². The highest BCUT2D eigenvalue weighted by atomic mass is 32.1. The summed E-state index contributed by atoms with van der Waals surface area (Å²) < 4.78 is 13.0. The second-order valence-electron chi connectivity index (χ2n) is 2.19. The maximum Gasteiger partial charge on any atom is 0.160 e. The Morgan fingerprint density at radius 2 is 2.36 bits per heavy atom. The summed E-state index contributed by atoms with van der Waals surface area (Å²) in [6.45, 7) is 0.596. The first kappa shape index (κ1) is 6.73. The number of thiazole rings is 1. The van der Waals surface area contributed by atoms with Crippen LogP contribution in [0.4, 0.5) is 4.39 Å². The molecular weight excluding hydrogens is 161 g/mol. The van der Waals surface area contributed by atoms with Crippen molar-refractivity contribution in [2.75, 3.05) is 0 Å². The van der Waals surface area contributed by atoms with E-state index in [1.54, 1.807) is 17.6 Å². The number of aromatic nitrogens is 1. The molecule has 11 heavy (non-hydrogen) atoms. The molecule has 1 nitrogen and oxygen atoms in total. The molecule has 0 aliphatic rings. The van der Waals surface area contributed by atoms with E-state index in [9.17, 15) is 4.39 Å². The van der Waals surface area contributed by atoms with Gasteiger partial charge in [-0.15, -0.1) is 11.3 Å². The molecule has 1 aromatic heterocycles. The summed E-state index contributed by atoms with van der Waals surface area (Å²) in [6, 6.07) is 5.31. The van der Waals surface area contributed by atoms with Crippen LogP contribution < -0.4 is 0 Å². The molecule has 2 rings (SSSR count). The van der Waals surface area contributed by atoms with Crippen molar-refractivity contribution in [3.8, 4) is 0 Å². The molecule has 0 fully saturated rings. The van der Waals surface area contributed by atoms with Gasteiger partial charge in [-0.3, -0.25) is 0 Å². The largest absolute Gasteiger partial charge is 0.245 e. The molecule has 0 saturated carbocycles. The summed E-state index contributed by atoms with van der Waals surface area (Å²) >= 11 is 1.52. The Labute approximate surface area is 67.5 Å². The second kappa shape index (κ2) is 2.58. The SMILES string of the molecule is F[CH]c1ccc2ncsc2c1. The van der Waals surface area contributed by atoms with Gasteiger partial charge in [0.05, 0.1) is 15.7 Å². The molecule has 0 spiro atoms. The summed E-state index contributed by atoms with van der Waals surface area (Å²) in [7, 11) is 0. The van der Waals surface area contributed by atoms with Crippen molar-refractivity contribution in [1.29, 1.82) is 0 Å². The van der Waals surface area contributed by atoms with Crippen LogP contribution in [0.2, 0.25) is 0 Å². The Balaban J connectivity index is 2.67. The zero-order chi connectivity index (χ0) is 7.68. The van der Waals surface area contributed by atoms with Crippen LogP contribution in [0.1, 0.15) is 5.56 Å². The molecule has 0 bridgehead atoms. The molecule has 0 amide bonds. The third kappa shape index (κ3) is 1.12. The molecule has 0 aliphatic heterocycles. The van der Waals surface area contributed by atoms with Gasteiger partial charge < -0.3 is 0 Å². The number of halogens is 1. The number of nitrogens with zero attached hydrogens (tertiary/aromatic N) is 1. The van der Waals surface area contributed by atoms with Gasteiger partial charge in [-0.2, -0.15) is 0 Å². The molecule has 0 saturated heterocycles. The molecule has 0 unspecified atom stereocenters. The monoisotopic (exact) mass is 166 g/mol. The molecule has 2 aromatic rings. The number of hydrogen-bond donors (Lipinski definition) is 0. The van der Waals surface area contributed by atoms with Crippen molar-refractivity contribution in [2.24, 2.45) is 0 Å². The molecule has 1 heterocycles. The van der Waals surface area contributed by atoms with Gasteiger partial charge in [-0.1, -0.05) is 6.07 Å². The molecular formula is C8H5FNS. The second-order valence-corrected chi connectivity index (χ2v) is 3.07. The molecule has 1 radical (unpaired) electrons. The van der Waals surface area contributed by atoms with Crippen LogP contribution >= 0.6 is 11.3 Å². The van der Waals surface area contributed by atoms with Gasteiger partial charge >= 0.3 is 0 Å². The van der Waals surface area contributed by atoms with E-state index in [1.165, 1.54) is 11.3 Å². The van der Waals surface area contributed by atoms with Crippen LogP contribution in [0, 0.1) is 6.67 Å². The first-order valence-electron chi connectivity index (χ1n) is 3.17. The summed E-state index contributed by atoms with van der Waals surface area (Å²) in [4.78, 5) is 4.08. The van der Waals surface area contributed by atoms with Crippen molar-refractivity contribution in [3.05, 3.63) is 35.9 Å². The van der Waals surface area contributed by atoms with Crippen LogP contribution in [0.5, 0.6) is 0 Å². The number of fused-ring (bicyclic) bond motifs is 1. The van der Waals surface area contributed by atoms with E-state index < -0.39 is 0 Å². The Bertz CT molecular complexity index is 369. The van der Waals surface area contributed by atoms with Crippen LogP contribution in [-0.2, 0) is 0 Å². The molecule has 55 valence electrons. The van der Waals surface area contributed by atoms with Gasteiger partial charge in [0.2, 0.25) is 0 Å². The van der Waals surface area contributed by atoms with E-state index >= 15 is 0 Å². The predicted molar refractivity (Wildman–Crippen MR) is 44.1 cm³/mol. The van der Waals surface area contributed by atoms with Gasteiger partial charge in [0.25, 0.3) is 0 Å². The minimum absolute atomic E-state index is 0.596. The van der Waals surface area contributed by atoms with Gasteiger partial charge in [0.15, 0.2) is 6.67 Å². The predicted octanol–water partition coefficient (Wildman–Crippen LogP) is 2.78. The van der Waals surface area contributed by atoms with Crippen LogP contribution in [-0.4, -0.2) is 4.98 Å². The molecule has 0 atom stereocenters. The van der Waals surface area contributed by atoms with Crippen molar-refractivity contribution in [2.45, 2.75) is 0 Å². The lowest BCUT2D eigenvalue weighted by molar-refractivity contribution is 0.646. The lowest BCUT2D eigenvalue weighted by atomic mass is 10.2. The van der Waals surface area contributed by atoms with E-state index in [-0.39, 0.29) is 0 Å². The smallest absolute Gasteiger partial charge is 0.160 e. The lowest BCUT2D eigenvalue weighted by Crippen LogP contribution is -1.73. The fraction of sp³-hybridized carbons (Fsp3) is 0. The van der Waals surface area contributed by atoms with Gasteiger partial charge in [-0.05, 0) is 17.7 Å². The van der Waals surface area contributed by atoms with Crippen molar-refractivity contribution in [3.63, 3.8) is 0 Å². The fourth-order valence-electron chi connectivity index (χ4n) is 0.940.